The largest absolute Gasteiger partial charge is 0.478 e. The van der Waals surface area contributed by atoms with Crippen LogP contribution >= 0.6 is 0 Å². The summed E-state index contributed by atoms with van der Waals surface area (Å²) in [5.41, 5.74) is 2.72. The van der Waals surface area contributed by atoms with E-state index in [1.165, 1.54) is 18.5 Å². The average Bonchev–Trinajstić information content (AvgIpc) is 2.84. The molecular formula is C15H20N2O2. The molecule has 0 bridgehead atoms. The maximum atomic E-state index is 11.2. The highest BCUT2D eigenvalue weighted by atomic mass is 16.4. The molecule has 1 N–H and O–H groups in total. The number of carboxylic acid groups (broad SMARTS) is 1. The van der Waals surface area contributed by atoms with Gasteiger partial charge in [0.1, 0.15) is 0 Å². The number of rotatable bonds is 2. The molecule has 4 nitrogen and oxygen atoms in total. The van der Waals surface area contributed by atoms with Crippen molar-refractivity contribution in [1.29, 1.82) is 0 Å². The molecule has 1 aromatic carbocycles. The molecule has 3 rings (SSSR count). The van der Waals surface area contributed by atoms with Crippen LogP contribution < -0.4 is 0 Å². The third-order valence-electron chi connectivity index (χ3n) is 4.41. The van der Waals surface area contributed by atoms with Gasteiger partial charge < -0.3 is 10.0 Å². The molecule has 4 heteroatoms. The van der Waals surface area contributed by atoms with Crippen LogP contribution in [0.5, 0.6) is 0 Å². The number of likely N-dealkylation sites (N-methyl/N-ethyl adjacent to an activating group) is 1. The van der Waals surface area contributed by atoms with E-state index in [9.17, 15) is 9.90 Å². The molecule has 0 aromatic heterocycles. The maximum absolute atomic E-state index is 11.2. The molecule has 1 saturated heterocycles. The van der Waals surface area contributed by atoms with Crippen LogP contribution in [0.25, 0.3) is 0 Å². The topological polar surface area (TPSA) is 43.8 Å². The number of carboxylic acids is 1. The minimum Gasteiger partial charge on any atom is -0.478 e. The summed E-state index contributed by atoms with van der Waals surface area (Å²) in [4.78, 5) is 16.1. The Labute approximate surface area is 113 Å². The normalized spacial score (nSPS) is 24.4. The third-order valence-corrected chi connectivity index (χ3v) is 4.41. The van der Waals surface area contributed by atoms with Crippen LogP contribution in [0.2, 0.25) is 0 Å². The Morgan fingerprint density at radius 1 is 1.37 bits per heavy atom. The quantitative estimate of drug-likeness (QED) is 0.874. The molecule has 2 heterocycles. The molecule has 1 aromatic rings. The second-order valence-corrected chi connectivity index (χ2v) is 5.67. The average molecular weight is 260 g/mol. The lowest BCUT2D eigenvalue weighted by atomic mass is 9.93. The summed E-state index contributed by atoms with van der Waals surface area (Å²) in [6.45, 7) is 4.18. The molecule has 0 amide bonds. The molecule has 1 unspecified atom stereocenters. The highest BCUT2D eigenvalue weighted by Crippen LogP contribution is 2.26. The van der Waals surface area contributed by atoms with Gasteiger partial charge >= 0.3 is 5.97 Å². The lowest BCUT2D eigenvalue weighted by Gasteiger charge is -2.34. The Hall–Kier alpha value is -1.39. The van der Waals surface area contributed by atoms with Gasteiger partial charge in [-0.3, -0.25) is 4.90 Å². The fraction of sp³-hybridized carbons (Fsp3) is 0.533. The Morgan fingerprint density at radius 2 is 2.21 bits per heavy atom. The number of hydrogen-bond donors (Lipinski definition) is 1. The Kier molecular flexibility index (Phi) is 3.29. The Bertz CT molecular complexity index is 501. The van der Waals surface area contributed by atoms with E-state index in [0.717, 1.165) is 31.6 Å². The summed E-state index contributed by atoms with van der Waals surface area (Å²) in [5.74, 6) is -0.800. The van der Waals surface area contributed by atoms with Crippen LogP contribution in [0.3, 0.4) is 0 Å². The number of aromatic carboxylic acids is 1. The predicted octanol–water partition coefficient (Wildman–Crippen LogP) is 1.45. The van der Waals surface area contributed by atoms with Gasteiger partial charge in [-0.25, -0.2) is 4.79 Å². The van der Waals surface area contributed by atoms with E-state index in [1.54, 1.807) is 6.07 Å². The van der Waals surface area contributed by atoms with E-state index in [0.29, 0.717) is 11.6 Å². The predicted molar refractivity (Wildman–Crippen MR) is 73.4 cm³/mol. The summed E-state index contributed by atoms with van der Waals surface area (Å²) in [6, 6.07) is 6.30. The van der Waals surface area contributed by atoms with Crippen molar-refractivity contribution in [2.75, 3.05) is 26.7 Å². The van der Waals surface area contributed by atoms with Gasteiger partial charge in [-0.1, -0.05) is 12.1 Å². The van der Waals surface area contributed by atoms with Crippen molar-refractivity contribution in [3.63, 3.8) is 0 Å². The van der Waals surface area contributed by atoms with Crippen LogP contribution in [-0.2, 0) is 13.0 Å². The molecule has 19 heavy (non-hydrogen) atoms. The van der Waals surface area contributed by atoms with E-state index >= 15 is 0 Å². The summed E-state index contributed by atoms with van der Waals surface area (Å²) < 4.78 is 0. The highest BCUT2D eigenvalue weighted by molar-refractivity contribution is 5.89. The van der Waals surface area contributed by atoms with Crippen molar-refractivity contribution in [1.82, 2.24) is 9.80 Å². The minimum absolute atomic E-state index is 0.487. The van der Waals surface area contributed by atoms with Crippen LogP contribution in [0.1, 0.15) is 27.9 Å². The van der Waals surface area contributed by atoms with Gasteiger partial charge in [0.25, 0.3) is 0 Å². The molecule has 102 valence electrons. The number of hydrogen-bond acceptors (Lipinski definition) is 3. The molecule has 2 aliphatic rings. The molecule has 0 aliphatic carbocycles. The first-order valence-electron chi connectivity index (χ1n) is 6.92. The van der Waals surface area contributed by atoms with Crippen LogP contribution in [-0.4, -0.2) is 53.6 Å². The van der Waals surface area contributed by atoms with Crippen molar-refractivity contribution in [3.05, 3.63) is 34.9 Å². The molecule has 0 spiro atoms. The molecule has 2 aliphatic heterocycles. The van der Waals surface area contributed by atoms with Crippen LogP contribution in [0.15, 0.2) is 18.2 Å². The lowest BCUT2D eigenvalue weighted by Crippen LogP contribution is -2.41. The van der Waals surface area contributed by atoms with Crippen LogP contribution in [0.4, 0.5) is 0 Å². The van der Waals surface area contributed by atoms with Gasteiger partial charge in [0.2, 0.25) is 0 Å². The second-order valence-electron chi connectivity index (χ2n) is 5.67. The van der Waals surface area contributed by atoms with Gasteiger partial charge in [0.15, 0.2) is 0 Å². The van der Waals surface area contributed by atoms with E-state index in [-0.39, 0.29) is 0 Å². The summed E-state index contributed by atoms with van der Waals surface area (Å²) >= 11 is 0. The monoisotopic (exact) mass is 260 g/mol. The summed E-state index contributed by atoms with van der Waals surface area (Å²) in [7, 11) is 2.17. The first-order chi connectivity index (χ1) is 9.15. The first kappa shape index (κ1) is 12.6. The van der Waals surface area contributed by atoms with Gasteiger partial charge in [0.05, 0.1) is 5.56 Å². The molecule has 1 atom stereocenters. The lowest BCUT2D eigenvalue weighted by molar-refractivity contribution is 0.0694. The van der Waals surface area contributed by atoms with E-state index < -0.39 is 5.97 Å². The van der Waals surface area contributed by atoms with E-state index in [4.69, 9.17) is 0 Å². The molecule has 1 fully saturated rings. The maximum Gasteiger partial charge on any atom is 0.335 e. The van der Waals surface area contributed by atoms with Gasteiger partial charge in [-0.2, -0.15) is 0 Å². The smallest absolute Gasteiger partial charge is 0.335 e. The van der Waals surface area contributed by atoms with Crippen LogP contribution in [0, 0.1) is 0 Å². The van der Waals surface area contributed by atoms with Gasteiger partial charge in [0, 0.05) is 25.7 Å². The fourth-order valence-corrected chi connectivity index (χ4v) is 3.35. The minimum atomic E-state index is -0.800. The Balaban J connectivity index is 1.81. The van der Waals surface area contributed by atoms with Crippen molar-refractivity contribution < 1.29 is 9.90 Å². The number of benzene rings is 1. The number of carbonyl (C=O) groups is 1. The Morgan fingerprint density at radius 3 is 2.89 bits per heavy atom. The molecule has 0 saturated carbocycles. The fourth-order valence-electron chi connectivity index (χ4n) is 3.35. The zero-order valence-electron chi connectivity index (χ0n) is 11.3. The second kappa shape index (κ2) is 4.94. The van der Waals surface area contributed by atoms with E-state index in [1.807, 2.05) is 6.07 Å². The van der Waals surface area contributed by atoms with Crippen molar-refractivity contribution in [3.8, 4) is 0 Å². The molecular weight excluding hydrogens is 240 g/mol. The number of fused-ring (bicyclic) bond motifs is 1. The third kappa shape index (κ3) is 2.38. The highest BCUT2D eigenvalue weighted by Gasteiger charge is 2.29. The summed E-state index contributed by atoms with van der Waals surface area (Å²) in [6.07, 6.45) is 2.09. The summed E-state index contributed by atoms with van der Waals surface area (Å²) in [5, 5.41) is 9.23. The van der Waals surface area contributed by atoms with Gasteiger partial charge in [-0.05, 0) is 43.6 Å². The van der Waals surface area contributed by atoms with Crippen molar-refractivity contribution in [2.45, 2.75) is 25.4 Å². The zero-order valence-corrected chi connectivity index (χ0v) is 11.3. The van der Waals surface area contributed by atoms with Crippen molar-refractivity contribution in [2.24, 2.45) is 0 Å². The van der Waals surface area contributed by atoms with Crippen molar-refractivity contribution >= 4 is 5.97 Å². The standard InChI is InChI=1S/C15H20N2O2/c1-16-7-5-12(10-16)17-8-6-13-11(9-17)3-2-4-14(13)15(18)19/h2-4,12H,5-10H2,1H3,(H,18,19). The SMILES string of the molecule is CN1CCC(N2CCc3c(cccc3C(=O)O)C2)C1. The number of nitrogens with zero attached hydrogens (tertiary/aromatic N) is 2. The molecule has 0 radical (unpaired) electrons. The zero-order chi connectivity index (χ0) is 13.4. The van der Waals surface area contributed by atoms with Gasteiger partial charge in [-0.15, -0.1) is 0 Å². The van der Waals surface area contributed by atoms with E-state index in [2.05, 4.69) is 22.9 Å². The number of likely N-dealkylation sites (tertiary alicyclic amines) is 1. The first-order valence-corrected chi connectivity index (χ1v) is 6.92.